The summed E-state index contributed by atoms with van der Waals surface area (Å²) in [6, 6.07) is 21.9. The molecule has 0 aliphatic carbocycles. The van der Waals surface area contributed by atoms with Gasteiger partial charge in [0.1, 0.15) is 11.5 Å². The quantitative estimate of drug-likeness (QED) is 0.0577. The standard InChI is InChI=1S/C19H21F2N5O.C13H15BrF2IN5/c20-19(21)10-12-26(13-11-19)18(23)25-17(22)24-14-6-8-16(9-7-14)27-15-4-2-1-3-5-15;14-9-7-8(1-2-10(9)17)20-11(18)21-12(19)22-5-3-13(15,16)4-6-22/h1-9H,10-13H2,(H4,22,23,24,25);1-2,7H,3-6H2,(H4,18,19,20,21). The van der Waals surface area contributed by atoms with Gasteiger partial charge in [0, 0.05) is 71.3 Å². The molecule has 2 fully saturated rings. The van der Waals surface area contributed by atoms with Gasteiger partial charge in [-0.15, -0.1) is 0 Å². The highest BCUT2D eigenvalue weighted by molar-refractivity contribution is 14.1. The number of halogens is 6. The number of nitrogens with zero attached hydrogens (tertiary/aromatic N) is 2. The first kappa shape index (κ1) is 37.7. The van der Waals surface area contributed by atoms with Crippen molar-refractivity contribution in [3.05, 3.63) is 80.8 Å². The summed E-state index contributed by atoms with van der Waals surface area (Å²) in [5.74, 6) is -4.20. The van der Waals surface area contributed by atoms with Crippen molar-refractivity contribution in [2.24, 2.45) is 0 Å². The van der Waals surface area contributed by atoms with E-state index < -0.39 is 11.8 Å². The molecule has 0 aromatic heterocycles. The number of guanidine groups is 4. The number of ether oxygens (including phenoxy) is 1. The summed E-state index contributed by atoms with van der Waals surface area (Å²) in [5.41, 5.74) is 1.34. The van der Waals surface area contributed by atoms with Crippen LogP contribution in [0, 0.1) is 25.2 Å². The van der Waals surface area contributed by atoms with Gasteiger partial charge in [0.2, 0.25) is 0 Å². The fourth-order valence-corrected chi connectivity index (χ4v) is 5.38. The van der Waals surface area contributed by atoms with Crippen molar-refractivity contribution in [3.8, 4) is 11.5 Å². The molecule has 2 aliphatic heterocycles. The van der Waals surface area contributed by atoms with Gasteiger partial charge in [-0.2, -0.15) is 0 Å². The Bertz CT molecular complexity index is 1610. The molecule has 0 amide bonds. The fourth-order valence-electron chi connectivity index (χ4n) is 4.67. The molecule has 0 saturated carbocycles. The Hall–Kier alpha value is -4.13. The second-order valence-electron chi connectivity index (χ2n) is 11.2. The van der Waals surface area contributed by atoms with Crippen LogP contribution >= 0.6 is 38.5 Å². The van der Waals surface area contributed by atoms with Crippen LogP contribution in [0.15, 0.2) is 77.3 Å². The minimum absolute atomic E-state index is 0.0439. The lowest BCUT2D eigenvalue weighted by Gasteiger charge is -2.33. The lowest BCUT2D eigenvalue weighted by molar-refractivity contribution is -0.0445. The van der Waals surface area contributed by atoms with Crippen LogP contribution in [0.3, 0.4) is 0 Å². The summed E-state index contributed by atoms with van der Waals surface area (Å²) in [7, 11) is 0. The molecule has 49 heavy (non-hydrogen) atoms. The third-order valence-electron chi connectivity index (χ3n) is 7.40. The molecule has 2 saturated heterocycles. The molecule has 3 aromatic rings. The maximum absolute atomic E-state index is 13.2. The lowest BCUT2D eigenvalue weighted by atomic mass is 10.1. The van der Waals surface area contributed by atoms with Crippen LogP contribution in [0.2, 0.25) is 0 Å². The molecule has 11 nitrogen and oxygen atoms in total. The molecule has 2 aliphatic rings. The Morgan fingerprint density at radius 2 is 1.08 bits per heavy atom. The average Bonchev–Trinajstić information content (AvgIpc) is 3.04. The molecule has 0 bridgehead atoms. The number of hydrogen-bond donors (Lipinski definition) is 8. The number of piperidine rings is 2. The van der Waals surface area contributed by atoms with Crippen molar-refractivity contribution in [2.75, 3.05) is 36.8 Å². The highest BCUT2D eigenvalue weighted by atomic mass is 127. The van der Waals surface area contributed by atoms with E-state index in [4.69, 9.17) is 26.4 Å². The summed E-state index contributed by atoms with van der Waals surface area (Å²) in [5, 5.41) is 42.3. The van der Waals surface area contributed by atoms with Gasteiger partial charge >= 0.3 is 0 Å². The summed E-state index contributed by atoms with van der Waals surface area (Å²) < 4.78 is 60.2. The van der Waals surface area contributed by atoms with Crippen LogP contribution < -0.4 is 26.0 Å². The molecule has 0 atom stereocenters. The first-order valence-corrected chi connectivity index (χ1v) is 17.0. The molecule has 0 unspecified atom stereocenters. The fraction of sp³-hybridized carbons (Fsp3) is 0.312. The van der Waals surface area contributed by atoms with E-state index >= 15 is 0 Å². The predicted molar refractivity (Wildman–Crippen MR) is 196 cm³/mol. The number of anilines is 2. The number of hydrogen-bond acceptors (Lipinski definition) is 5. The van der Waals surface area contributed by atoms with Crippen molar-refractivity contribution in [1.29, 1.82) is 21.6 Å². The van der Waals surface area contributed by atoms with Gasteiger partial charge in [-0.25, -0.2) is 17.6 Å². The van der Waals surface area contributed by atoms with E-state index in [1.54, 1.807) is 24.3 Å². The van der Waals surface area contributed by atoms with E-state index in [-0.39, 0.29) is 75.7 Å². The molecule has 3 aromatic carbocycles. The number of alkyl halides is 4. The topological polar surface area (TPSA) is 159 Å². The molecule has 8 N–H and O–H groups in total. The molecule has 17 heteroatoms. The van der Waals surface area contributed by atoms with Gasteiger partial charge in [-0.05, 0) is 93.1 Å². The highest BCUT2D eigenvalue weighted by Crippen LogP contribution is 2.29. The van der Waals surface area contributed by atoms with Crippen molar-refractivity contribution in [3.63, 3.8) is 0 Å². The van der Waals surface area contributed by atoms with Crippen LogP contribution in [0.5, 0.6) is 11.5 Å². The van der Waals surface area contributed by atoms with E-state index in [0.29, 0.717) is 17.1 Å². The van der Waals surface area contributed by atoms with Crippen LogP contribution in [-0.4, -0.2) is 71.7 Å². The first-order chi connectivity index (χ1) is 23.2. The lowest BCUT2D eigenvalue weighted by Crippen LogP contribution is -2.50. The number of para-hydroxylation sites is 1. The van der Waals surface area contributed by atoms with Gasteiger partial charge in [0.05, 0.1) is 0 Å². The SMILES string of the molecule is N=C(NC(=N)N1CCC(F)(F)CC1)Nc1ccc(I)c(Br)c1.N=C(NC(=N)N1CCC(F)(F)CC1)Nc1ccc(Oc2ccccc2)cc1. The minimum Gasteiger partial charge on any atom is -0.457 e. The summed E-state index contributed by atoms with van der Waals surface area (Å²) >= 11 is 5.58. The third-order valence-corrected chi connectivity index (χ3v) is 9.74. The van der Waals surface area contributed by atoms with Gasteiger partial charge in [-0.1, -0.05) is 18.2 Å². The zero-order chi connectivity index (χ0) is 35.6. The van der Waals surface area contributed by atoms with Gasteiger partial charge in [0.15, 0.2) is 23.8 Å². The minimum atomic E-state index is -2.66. The van der Waals surface area contributed by atoms with Gasteiger partial charge in [-0.3, -0.25) is 32.3 Å². The third kappa shape index (κ3) is 12.4. The monoisotopic (exact) mass is 858 g/mol. The molecule has 0 radical (unpaired) electrons. The molecule has 0 spiro atoms. The largest absolute Gasteiger partial charge is 0.457 e. The predicted octanol–water partition coefficient (Wildman–Crippen LogP) is 7.74. The van der Waals surface area contributed by atoms with E-state index in [9.17, 15) is 17.6 Å². The number of rotatable bonds is 4. The normalized spacial score (nSPS) is 16.3. The summed E-state index contributed by atoms with van der Waals surface area (Å²) in [4.78, 5) is 3.02. The first-order valence-electron chi connectivity index (χ1n) is 15.1. The Kier molecular flexibility index (Phi) is 13.1. The molecular weight excluding hydrogens is 823 g/mol. The Labute approximate surface area is 303 Å². The van der Waals surface area contributed by atoms with E-state index in [2.05, 4.69) is 59.8 Å². The smallest absolute Gasteiger partial charge is 0.251 e. The molecule has 262 valence electrons. The molecular formula is C32H36BrF4IN10O. The molecule has 5 rings (SSSR count). The summed E-state index contributed by atoms with van der Waals surface area (Å²) in [6.45, 7) is 0.414. The number of likely N-dealkylation sites (tertiary alicyclic amines) is 2. The molecule has 2 heterocycles. The van der Waals surface area contributed by atoms with Crippen molar-refractivity contribution in [1.82, 2.24) is 20.4 Å². The van der Waals surface area contributed by atoms with E-state index in [1.807, 2.05) is 48.5 Å². The Morgan fingerprint density at radius 1 is 0.653 bits per heavy atom. The second kappa shape index (κ2) is 17.0. The van der Waals surface area contributed by atoms with Crippen LogP contribution in [0.25, 0.3) is 0 Å². The zero-order valence-electron chi connectivity index (χ0n) is 26.2. The van der Waals surface area contributed by atoms with E-state index in [1.165, 1.54) is 9.80 Å². The summed E-state index contributed by atoms with van der Waals surface area (Å²) in [6.07, 6.45) is -1.08. The highest BCUT2D eigenvalue weighted by Gasteiger charge is 2.35. The number of benzene rings is 3. The van der Waals surface area contributed by atoms with E-state index in [0.717, 1.165) is 13.8 Å². The Morgan fingerprint density at radius 3 is 1.55 bits per heavy atom. The Balaban J connectivity index is 0.000000226. The zero-order valence-corrected chi connectivity index (χ0v) is 29.9. The van der Waals surface area contributed by atoms with Gasteiger partial charge in [0.25, 0.3) is 11.8 Å². The van der Waals surface area contributed by atoms with Crippen LogP contribution in [0.1, 0.15) is 25.7 Å². The van der Waals surface area contributed by atoms with Crippen LogP contribution in [-0.2, 0) is 0 Å². The maximum Gasteiger partial charge on any atom is 0.251 e. The maximum atomic E-state index is 13.2. The number of nitrogens with one attached hydrogen (secondary N) is 8. The average molecular weight is 860 g/mol. The van der Waals surface area contributed by atoms with Crippen molar-refractivity contribution < 1.29 is 22.3 Å². The van der Waals surface area contributed by atoms with Crippen molar-refractivity contribution in [2.45, 2.75) is 37.5 Å². The van der Waals surface area contributed by atoms with Crippen LogP contribution in [0.4, 0.5) is 28.9 Å². The van der Waals surface area contributed by atoms with Crippen molar-refractivity contribution >= 4 is 73.7 Å². The second-order valence-corrected chi connectivity index (χ2v) is 13.2. The van der Waals surface area contributed by atoms with Gasteiger partial charge < -0.3 is 25.2 Å².